The normalized spacial score (nSPS) is 13.5. The maximum absolute atomic E-state index is 13.1. The number of hydrogen-bond donors (Lipinski definition) is 0. The van der Waals surface area contributed by atoms with E-state index in [1.165, 1.54) is 7.11 Å². The van der Waals surface area contributed by atoms with Crippen LogP contribution in [0.2, 0.25) is 0 Å². The van der Waals surface area contributed by atoms with Gasteiger partial charge in [-0.2, -0.15) is 0 Å². The number of ether oxygens (including phenoxy) is 2. The first-order valence-corrected chi connectivity index (χ1v) is 8.43. The molecule has 8 heteroatoms. The van der Waals surface area contributed by atoms with E-state index in [-0.39, 0.29) is 5.91 Å². The van der Waals surface area contributed by atoms with Crippen LogP contribution in [-0.4, -0.2) is 51.0 Å². The Morgan fingerprint density at radius 1 is 1.11 bits per heavy atom. The first kappa shape index (κ1) is 16.9. The van der Waals surface area contributed by atoms with Crippen molar-refractivity contribution in [1.82, 2.24) is 24.8 Å². The number of nitrogens with zero attached hydrogens (tertiary/aromatic N) is 5. The molecule has 0 saturated heterocycles. The average Bonchev–Trinajstić information content (AvgIpc) is 2.88. The summed E-state index contributed by atoms with van der Waals surface area (Å²) in [6.07, 6.45) is 6.64. The molecule has 0 radical (unpaired) electrons. The number of hydrogen-bond acceptors (Lipinski definition) is 7. The Kier molecular flexibility index (Phi) is 4.61. The Balaban J connectivity index is 1.64. The van der Waals surface area contributed by atoms with E-state index in [1.807, 2.05) is 6.07 Å². The van der Waals surface area contributed by atoms with Gasteiger partial charge < -0.3 is 14.4 Å². The highest BCUT2D eigenvalue weighted by molar-refractivity contribution is 5.98. The van der Waals surface area contributed by atoms with Gasteiger partial charge in [-0.15, -0.1) is 0 Å². The van der Waals surface area contributed by atoms with Crippen molar-refractivity contribution in [3.63, 3.8) is 0 Å². The summed E-state index contributed by atoms with van der Waals surface area (Å²) in [5.74, 6) is 1.04. The van der Waals surface area contributed by atoms with Gasteiger partial charge in [0.1, 0.15) is 18.2 Å². The predicted octanol–water partition coefficient (Wildman–Crippen LogP) is 1.98. The number of rotatable bonds is 4. The van der Waals surface area contributed by atoms with Crippen LogP contribution < -0.4 is 9.47 Å². The van der Waals surface area contributed by atoms with Gasteiger partial charge >= 0.3 is 6.01 Å². The number of benzene rings is 1. The molecule has 1 amide bonds. The molecule has 3 heterocycles. The Hall–Kier alpha value is -3.55. The third-order valence-corrected chi connectivity index (χ3v) is 4.21. The smallest absolute Gasteiger partial charge is 0.316 e. The number of carbonyl (C=O) groups is 1. The molecule has 3 aromatic rings. The van der Waals surface area contributed by atoms with Crippen molar-refractivity contribution in [3.05, 3.63) is 60.4 Å². The molecule has 0 aliphatic carbocycles. The van der Waals surface area contributed by atoms with Gasteiger partial charge in [-0.3, -0.25) is 4.79 Å². The van der Waals surface area contributed by atoms with Gasteiger partial charge in [0.15, 0.2) is 0 Å². The van der Waals surface area contributed by atoms with Crippen molar-refractivity contribution in [2.75, 3.05) is 20.3 Å². The minimum Gasteiger partial charge on any atom is -0.491 e. The fourth-order valence-corrected chi connectivity index (χ4v) is 2.84. The standard InChI is InChI=1S/C19H17N5O3/c1-26-19-22-10-14(11-23-19)13-3-4-16-15(9-13)18(25)24(7-8-27-16)12-17-20-5-2-6-21-17/h2-6,9-11H,7-8,12H2,1H3. The number of fused-ring (bicyclic) bond motifs is 1. The number of amides is 1. The second-order valence-electron chi connectivity index (χ2n) is 5.91. The number of carbonyl (C=O) groups excluding carboxylic acids is 1. The summed E-state index contributed by atoms with van der Waals surface area (Å²) in [7, 11) is 1.51. The molecule has 1 aliphatic rings. The molecule has 8 nitrogen and oxygen atoms in total. The van der Waals surface area contributed by atoms with Gasteiger partial charge in [0.05, 0.1) is 25.8 Å². The average molecular weight is 363 g/mol. The fraction of sp³-hybridized carbons (Fsp3) is 0.211. The Labute approximate surface area is 155 Å². The minimum absolute atomic E-state index is 0.119. The molecule has 1 aliphatic heterocycles. The highest BCUT2D eigenvalue weighted by Crippen LogP contribution is 2.29. The largest absolute Gasteiger partial charge is 0.491 e. The van der Waals surface area contributed by atoms with E-state index >= 15 is 0 Å². The molecule has 0 N–H and O–H groups in total. The van der Waals surface area contributed by atoms with Crippen LogP contribution in [0, 0.1) is 0 Å². The van der Waals surface area contributed by atoms with Gasteiger partial charge in [0, 0.05) is 30.4 Å². The Bertz CT molecular complexity index is 947. The first-order chi connectivity index (χ1) is 13.2. The first-order valence-electron chi connectivity index (χ1n) is 8.43. The molecule has 27 heavy (non-hydrogen) atoms. The van der Waals surface area contributed by atoms with Gasteiger partial charge in [-0.1, -0.05) is 6.07 Å². The highest BCUT2D eigenvalue weighted by Gasteiger charge is 2.25. The predicted molar refractivity (Wildman–Crippen MR) is 96.3 cm³/mol. The SMILES string of the molecule is COc1ncc(-c2ccc3c(c2)C(=O)N(Cc2ncccn2)CCO3)cn1. The number of aromatic nitrogens is 4. The van der Waals surface area contributed by atoms with Crippen LogP contribution in [0.1, 0.15) is 16.2 Å². The van der Waals surface area contributed by atoms with E-state index in [1.54, 1.807) is 47.9 Å². The fourth-order valence-electron chi connectivity index (χ4n) is 2.84. The van der Waals surface area contributed by atoms with E-state index in [9.17, 15) is 4.79 Å². The minimum atomic E-state index is -0.119. The summed E-state index contributed by atoms with van der Waals surface area (Å²) in [6.45, 7) is 1.21. The molecule has 0 bridgehead atoms. The molecule has 0 atom stereocenters. The lowest BCUT2D eigenvalue weighted by atomic mass is 10.0. The van der Waals surface area contributed by atoms with Crippen LogP contribution in [0.5, 0.6) is 11.8 Å². The molecular weight excluding hydrogens is 346 g/mol. The zero-order valence-corrected chi connectivity index (χ0v) is 14.7. The molecule has 0 spiro atoms. The van der Waals surface area contributed by atoms with Crippen LogP contribution in [0.15, 0.2) is 49.1 Å². The van der Waals surface area contributed by atoms with E-state index in [0.717, 1.165) is 11.1 Å². The Morgan fingerprint density at radius 3 is 2.63 bits per heavy atom. The second-order valence-corrected chi connectivity index (χ2v) is 5.91. The summed E-state index contributed by atoms with van der Waals surface area (Å²) in [5, 5.41) is 0. The highest BCUT2D eigenvalue weighted by atomic mass is 16.5. The third-order valence-electron chi connectivity index (χ3n) is 4.21. The van der Waals surface area contributed by atoms with Crippen molar-refractivity contribution in [2.45, 2.75) is 6.54 Å². The van der Waals surface area contributed by atoms with E-state index in [4.69, 9.17) is 9.47 Å². The van der Waals surface area contributed by atoms with Gasteiger partial charge in [-0.05, 0) is 23.8 Å². The summed E-state index contributed by atoms with van der Waals surface area (Å²) in [6, 6.07) is 7.52. The summed E-state index contributed by atoms with van der Waals surface area (Å²) in [5.41, 5.74) is 2.11. The van der Waals surface area contributed by atoms with Crippen LogP contribution in [0.3, 0.4) is 0 Å². The topological polar surface area (TPSA) is 90.3 Å². The zero-order chi connectivity index (χ0) is 18.6. The van der Waals surface area contributed by atoms with Crippen LogP contribution in [0.4, 0.5) is 0 Å². The van der Waals surface area contributed by atoms with Crippen LogP contribution in [-0.2, 0) is 6.54 Å². The van der Waals surface area contributed by atoms with Crippen molar-refractivity contribution < 1.29 is 14.3 Å². The quantitative estimate of drug-likeness (QED) is 0.700. The summed E-state index contributed by atoms with van der Waals surface area (Å²) in [4.78, 5) is 31.4. The van der Waals surface area contributed by atoms with E-state index < -0.39 is 0 Å². The van der Waals surface area contributed by atoms with Crippen molar-refractivity contribution in [3.8, 4) is 22.9 Å². The lowest BCUT2D eigenvalue weighted by Gasteiger charge is -2.19. The molecule has 2 aromatic heterocycles. The van der Waals surface area contributed by atoms with Crippen molar-refractivity contribution in [2.24, 2.45) is 0 Å². The molecular formula is C19H17N5O3. The van der Waals surface area contributed by atoms with Gasteiger partial charge in [0.25, 0.3) is 5.91 Å². The van der Waals surface area contributed by atoms with E-state index in [2.05, 4.69) is 19.9 Å². The molecule has 0 saturated carbocycles. The summed E-state index contributed by atoms with van der Waals surface area (Å²) < 4.78 is 10.7. The van der Waals surface area contributed by atoms with E-state index in [0.29, 0.717) is 42.8 Å². The lowest BCUT2D eigenvalue weighted by molar-refractivity contribution is 0.0738. The zero-order valence-electron chi connectivity index (χ0n) is 14.7. The summed E-state index contributed by atoms with van der Waals surface area (Å²) >= 11 is 0. The van der Waals surface area contributed by atoms with Gasteiger partial charge in [0.2, 0.25) is 0 Å². The molecule has 136 valence electrons. The van der Waals surface area contributed by atoms with Gasteiger partial charge in [-0.25, -0.2) is 19.9 Å². The lowest BCUT2D eigenvalue weighted by Crippen LogP contribution is -2.32. The van der Waals surface area contributed by atoms with Crippen LogP contribution >= 0.6 is 0 Å². The monoisotopic (exact) mass is 363 g/mol. The van der Waals surface area contributed by atoms with Crippen molar-refractivity contribution >= 4 is 5.91 Å². The van der Waals surface area contributed by atoms with Crippen LogP contribution in [0.25, 0.3) is 11.1 Å². The Morgan fingerprint density at radius 2 is 1.89 bits per heavy atom. The molecule has 0 unspecified atom stereocenters. The molecule has 0 fully saturated rings. The maximum Gasteiger partial charge on any atom is 0.316 e. The maximum atomic E-state index is 13.1. The second kappa shape index (κ2) is 7.36. The van der Waals surface area contributed by atoms with Crippen molar-refractivity contribution in [1.29, 1.82) is 0 Å². The molecule has 1 aromatic carbocycles. The number of methoxy groups -OCH3 is 1. The molecule has 4 rings (SSSR count). The third kappa shape index (κ3) is 3.55.